The number of nitrogens with one attached hydrogen (secondary N) is 2. The smallest absolute Gasteiger partial charge is 0.262 e. The van der Waals surface area contributed by atoms with Crippen LogP contribution >= 0.6 is 11.6 Å². The Labute approximate surface area is 190 Å². The number of nitrogens with zero attached hydrogens (tertiary/aromatic N) is 1. The second-order valence-electron chi connectivity index (χ2n) is 7.07. The predicted molar refractivity (Wildman–Crippen MR) is 121 cm³/mol. The van der Waals surface area contributed by atoms with Gasteiger partial charge < -0.3 is 20.5 Å². The molecule has 0 bridgehead atoms. The topological polar surface area (TPSA) is 132 Å². The van der Waals surface area contributed by atoms with Crippen LogP contribution in [0, 0.1) is 5.92 Å². The van der Waals surface area contributed by atoms with E-state index in [1.807, 2.05) is 0 Å². The fourth-order valence-corrected chi connectivity index (χ4v) is 2.89. The molecule has 2 rings (SSSR count). The molecule has 4 N–H and O–H groups in total. The number of ether oxygens (including phenoxy) is 2. The van der Waals surface area contributed by atoms with Crippen molar-refractivity contribution in [2.45, 2.75) is 19.9 Å². The molecule has 0 aliphatic heterocycles. The quantitative estimate of drug-likeness (QED) is 0.369. The summed E-state index contributed by atoms with van der Waals surface area (Å²) < 4.78 is 10.5. The number of amides is 3. The van der Waals surface area contributed by atoms with E-state index in [4.69, 9.17) is 26.8 Å². The van der Waals surface area contributed by atoms with Crippen LogP contribution in [0.2, 0.25) is 5.02 Å². The van der Waals surface area contributed by atoms with Gasteiger partial charge in [0.25, 0.3) is 17.7 Å². The lowest BCUT2D eigenvalue weighted by Gasteiger charge is -2.20. The summed E-state index contributed by atoms with van der Waals surface area (Å²) in [6.45, 7) is 3.32. The molecule has 0 aliphatic carbocycles. The van der Waals surface area contributed by atoms with Gasteiger partial charge in [0.05, 0.1) is 23.9 Å². The maximum absolute atomic E-state index is 12.6. The highest BCUT2D eigenvalue weighted by Crippen LogP contribution is 2.27. The van der Waals surface area contributed by atoms with Gasteiger partial charge in [-0.3, -0.25) is 14.4 Å². The number of methoxy groups -OCH3 is 1. The Morgan fingerprint density at radius 3 is 2.50 bits per heavy atom. The molecule has 0 saturated heterocycles. The third-order valence-corrected chi connectivity index (χ3v) is 4.63. The van der Waals surface area contributed by atoms with E-state index in [0.29, 0.717) is 22.1 Å². The number of hydrazone groups is 1. The summed E-state index contributed by atoms with van der Waals surface area (Å²) in [4.78, 5) is 36.0. The summed E-state index contributed by atoms with van der Waals surface area (Å²) in [6.07, 6.45) is 1.41. The highest BCUT2D eigenvalue weighted by molar-refractivity contribution is 6.33. The zero-order valence-electron chi connectivity index (χ0n) is 17.9. The Hall–Kier alpha value is -3.59. The van der Waals surface area contributed by atoms with E-state index in [1.54, 1.807) is 56.3 Å². The van der Waals surface area contributed by atoms with Gasteiger partial charge in [-0.25, -0.2) is 5.43 Å². The van der Waals surface area contributed by atoms with Gasteiger partial charge >= 0.3 is 0 Å². The molecule has 0 aliphatic rings. The van der Waals surface area contributed by atoms with Crippen molar-refractivity contribution in [3.05, 3.63) is 58.6 Å². The average molecular weight is 461 g/mol. The first kappa shape index (κ1) is 24.7. The van der Waals surface area contributed by atoms with Gasteiger partial charge in [-0.15, -0.1) is 0 Å². The lowest BCUT2D eigenvalue weighted by Crippen LogP contribution is -2.48. The molecule has 2 aromatic carbocycles. The molecule has 0 aromatic heterocycles. The van der Waals surface area contributed by atoms with Gasteiger partial charge in [-0.1, -0.05) is 37.6 Å². The summed E-state index contributed by atoms with van der Waals surface area (Å²) in [5.41, 5.74) is 8.38. The fraction of sp³-hybridized carbons (Fsp3) is 0.273. The average Bonchev–Trinajstić information content (AvgIpc) is 2.76. The van der Waals surface area contributed by atoms with Crippen LogP contribution in [-0.2, 0) is 9.59 Å². The molecule has 1 atom stereocenters. The van der Waals surface area contributed by atoms with Crippen molar-refractivity contribution >= 4 is 35.5 Å². The minimum absolute atomic E-state index is 0.196. The molecule has 0 radical (unpaired) electrons. The van der Waals surface area contributed by atoms with Gasteiger partial charge in [0.15, 0.2) is 18.1 Å². The van der Waals surface area contributed by atoms with E-state index >= 15 is 0 Å². The van der Waals surface area contributed by atoms with Crippen LogP contribution < -0.4 is 25.9 Å². The van der Waals surface area contributed by atoms with Crippen LogP contribution in [0.15, 0.2) is 47.6 Å². The van der Waals surface area contributed by atoms with Crippen LogP contribution in [0.1, 0.15) is 29.8 Å². The minimum Gasteiger partial charge on any atom is -0.493 e. The SMILES string of the molecule is COc1cc(C=NNC(=O)C(NC(=O)c2ccccc2Cl)C(C)C)ccc1OCC(N)=O. The molecule has 3 amide bonds. The fourth-order valence-electron chi connectivity index (χ4n) is 2.67. The molecule has 1 unspecified atom stereocenters. The number of carbonyl (C=O) groups is 3. The Morgan fingerprint density at radius 2 is 1.88 bits per heavy atom. The second-order valence-corrected chi connectivity index (χ2v) is 7.48. The molecule has 0 fully saturated rings. The molecular formula is C22H25ClN4O5. The maximum Gasteiger partial charge on any atom is 0.262 e. The molecule has 32 heavy (non-hydrogen) atoms. The molecular weight excluding hydrogens is 436 g/mol. The number of benzene rings is 2. The molecule has 10 heteroatoms. The van der Waals surface area contributed by atoms with Gasteiger partial charge in [-0.2, -0.15) is 5.10 Å². The third-order valence-electron chi connectivity index (χ3n) is 4.30. The summed E-state index contributed by atoms with van der Waals surface area (Å²) >= 11 is 6.06. The Bertz CT molecular complexity index is 1010. The van der Waals surface area contributed by atoms with E-state index < -0.39 is 23.8 Å². The lowest BCUT2D eigenvalue weighted by atomic mass is 10.0. The van der Waals surface area contributed by atoms with Crippen molar-refractivity contribution in [3.63, 3.8) is 0 Å². The van der Waals surface area contributed by atoms with Crippen molar-refractivity contribution in [1.29, 1.82) is 0 Å². The monoisotopic (exact) mass is 460 g/mol. The van der Waals surface area contributed by atoms with Gasteiger partial charge in [0.1, 0.15) is 6.04 Å². The molecule has 0 spiro atoms. The first-order valence-electron chi connectivity index (χ1n) is 9.70. The van der Waals surface area contributed by atoms with Crippen molar-refractivity contribution in [2.75, 3.05) is 13.7 Å². The number of primary amides is 1. The van der Waals surface area contributed by atoms with Crippen LogP contribution in [-0.4, -0.2) is 43.7 Å². The van der Waals surface area contributed by atoms with E-state index in [2.05, 4.69) is 15.8 Å². The molecule has 0 heterocycles. The van der Waals surface area contributed by atoms with E-state index in [1.165, 1.54) is 13.3 Å². The Morgan fingerprint density at radius 1 is 1.16 bits per heavy atom. The predicted octanol–water partition coefficient (Wildman–Crippen LogP) is 2.12. The van der Waals surface area contributed by atoms with Crippen LogP contribution in [0.25, 0.3) is 0 Å². The maximum atomic E-state index is 12.6. The van der Waals surface area contributed by atoms with Crippen molar-refractivity contribution in [1.82, 2.24) is 10.7 Å². The van der Waals surface area contributed by atoms with Gasteiger partial charge in [0.2, 0.25) is 0 Å². The van der Waals surface area contributed by atoms with Crippen molar-refractivity contribution in [2.24, 2.45) is 16.8 Å². The largest absolute Gasteiger partial charge is 0.493 e. The van der Waals surface area contributed by atoms with Crippen LogP contribution in [0.5, 0.6) is 11.5 Å². The summed E-state index contributed by atoms with van der Waals surface area (Å²) in [5, 5.41) is 6.93. The Kier molecular flexibility index (Phi) is 9.03. The second kappa shape index (κ2) is 11.7. The molecule has 9 nitrogen and oxygen atoms in total. The van der Waals surface area contributed by atoms with E-state index in [-0.39, 0.29) is 18.1 Å². The van der Waals surface area contributed by atoms with E-state index in [9.17, 15) is 14.4 Å². The third kappa shape index (κ3) is 6.98. The highest BCUT2D eigenvalue weighted by Gasteiger charge is 2.25. The highest BCUT2D eigenvalue weighted by atomic mass is 35.5. The number of hydrogen-bond donors (Lipinski definition) is 3. The normalized spacial score (nSPS) is 11.8. The standard InChI is InChI=1S/C22H25ClN4O5/c1-13(2)20(26-21(29)15-6-4-5-7-16(15)23)22(30)27-25-11-14-8-9-17(18(10-14)31-3)32-12-19(24)28/h4-11,13,20H,12H2,1-3H3,(H2,24,28)(H,26,29)(H,27,30). The summed E-state index contributed by atoms with van der Waals surface area (Å²) in [5.74, 6) is -1.03. The van der Waals surface area contributed by atoms with Crippen LogP contribution in [0.3, 0.4) is 0 Å². The number of hydrogen-bond acceptors (Lipinski definition) is 6. The zero-order chi connectivity index (χ0) is 23.7. The summed E-state index contributed by atoms with van der Waals surface area (Å²) in [6, 6.07) is 10.6. The number of nitrogens with two attached hydrogens (primary N) is 1. The molecule has 170 valence electrons. The minimum atomic E-state index is -0.824. The first-order valence-corrected chi connectivity index (χ1v) is 10.1. The van der Waals surface area contributed by atoms with Crippen LogP contribution in [0.4, 0.5) is 0 Å². The Balaban J connectivity index is 2.04. The van der Waals surface area contributed by atoms with Gasteiger partial charge in [-0.05, 0) is 41.8 Å². The number of carbonyl (C=O) groups excluding carboxylic acids is 3. The van der Waals surface area contributed by atoms with Crippen molar-refractivity contribution in [3.8, 4) is 11.5 Å². The molecule has 0 saturated carbocycles. The number of halogens is 1. The van der Waals surface area contributed by atoms with Gasteiger partial charge in [0, 0.05) is 0 Å². The van der Waals surface area contributed by atoms with Crippen molar-refractivity contribution < 1.29 is 23.9 Å². The zero-order valence-corrected chi connectivity index (χ0v) is 18.7. The first-order chi connectivity index (χ1) is 15.2. The molecule has 2 aromatic rings. The van der Waals surface area contributed by atoms with E-state index in [0.717, 1.165) is 0 Å². The lowest BCUT2D eigenvalue weighted by molar-refractivity contribution is -0.124. The number of rotatable bonds is 10. The summed E-state index contributed by atoms with van der Waals surface area (Å²) in [7, 11) is 1.45.